The highest BCUT2D eigenvalue weighted by atomic mass is 35.5. The third kappa shape index (κ3) is 4.50. The Bertz CT molecular complexity index is 1120. The van der Waals surface area contributed by atoms with E-state index in [9.17, 15) is 14.4 Å². The zero-order valence-corrected chi connectivity index (χ0v) is 18.6. The van der Waals surface area contributed by atoms with Gasteiger partial charge in [0.1, 0.15) is 0 Å². The van der Waals surface area contributed by atoms with Gasteiger partial charge >= 0.3 is 11.9 Å². The number of carbonyl (C=O) groups excluding carboxylic acids is 3. The van der Waals surface area contributed by atoms with Crippen LogP contribution in [0.2, 0.25) is 10.0 Å². The monoisotopic (exact) mass is 459 g/mol. The standard InChI is InChI=1S/C23H19Cl2NO5/c1-4-31-22(28)15-6-8-16(9-7-15)26-13(2)20(23(29)30-3)17(21(26)27)11-14-5-10-18(24)19(25)12-14/h5-12H,4H2,1-3H3. The third-order valence-electron chi connectivity index (χ3n) is 4.68. The van der Waals surface area contributed by atoms with Gasteiger partial charge in [0.05, 0.1) is 40.5 Å². The van der Waals surface area contributed by atoms with Crippen molar-refractivity contribution in [2.45, 2.75) is 13.8 Å². The summed E-state index contributed by atoms with van der Waals surface area (Å²) in [5.41, 5.74) is 2.18. The second-order valence-corrected chi connectivity index (χ2v) is 7.41. The lowest BCUT2D eigenvalue weighted by Gasteiger charge is -2.18. The largest absolute Gasteiger partial charge is 0.465 e. The highest BCUT2D eigenvalue weighted by Gasteiger charge is 2.38. The van der Waals surface area contributed by atoms with Gasteiger partial charge in [-0.05, 0) is 61.9 Å². The molecular formula is C23H19Cl2NO5. The van der Waals surface area contributed by atoms with Crippen molar-refractivity contribution in [3.8, 4) is 0 Å². The molecule has 0 bridgehead atoms. The van der Waals surface area contributed by atoms with Crippen LogP contribution in [-0.2, 0) is 19.1 Å². The summed E-state index contributed by atoms with van der Waals surface area (Å²) in [4.78, 5) is 39.0. The fraction of sp³-hybridized carbons (Fsp3) is 0.174. The fourth-order valence-electron chi connectivity index (χ4n) is 3.22. The number of anilines is 1. The van der Waals surface area contributed by atoms with Crippen LogP contribution in [0.1, 0.15) is 29.8 Å². The highest BCUT2D eigenvalue weighted by Crippen LogP contribution is 2.36. The molecule has 31 heavy (non-hydrogen) atoms. The molecule has 0 saturated heterocycles. The van der Waals surface area contributed by atoms with Crippen LogP contribution in [-0.4, -0.2) is 31.6 Å². The quantitative estimate of drug-likeness (QED) is 0.462. The smallest absolute Gasteiger partial charge is 0.340 e. The second-order valence-electron chi connectivity index (χ2n) is 6.59. The molecule has 1 aliphatic heterocycles. The number of hydrogen-bond donors (Lipinski definition) is 0. The Balaban J connectivity index is 2.05. The van der Waals surface area contributed by atoms with Gasteiger partial charge in [-0.3, -0.25) is 9.69 Å². The van der Waals surface area contributed by atoms with Gasteiger partial charge in [-0.25, -0.2) is 9.59 Å². The number of esters is 2. The van der Waals surface area contributed by atoms with Gasteiger partial charge < -0.3 is 9.47 Å². The minimum atomic E-state index is -0.636. The molecule has 0 unspecified atom stereocenters. The van der Waals surface area contributed by atoms with Crippen molar-refractivity contribution in [1.29, 1.82) is 0 Å². The molecule has 0 radical (unpaired) electrons. The topological polar surface area (TPSA) is 72.9 Å². The Labute approximate surface area is 189 Å². The summed E-state index contributed by atoms with van der Waals surface area (Å²) in [6.07, 6.45) is 1.56. The number of carbonyl (C=O) groups is 3. The lowest BCUT2D eigenvalue weighted by Crippen LogP contribution is -2.24. The number of benzene rings is 2. The molecule has 8 heteroatoms. The molecule has 1 amide bonds. The van der Waals surface area contributed by atoms with Crippen LogP contribution < -0.4 is 4.90 Å². The first-order valence-corrected chi connectivity index (χ1v) is 10.1. The fourth-order valence-corrected chi connectivity index (χ4v) is 3.53. The van der Waals surface area contributed by atoms with Crippen LogP contribution in [0, 0.1) is 0 Å². The summed E-state index contributed by atoms with van der Waals surface area (Å²) < 4.78 is 9.88. The molecule has 0 fully saturated rings. The third-order valence-corrected chi connectivity index (χ3v) is 5.42. The number of allylic oxidation sites excluding steroid dienone is 1. The summed E-state index contributed by atoms with van der Waals surface area (Å²) in [6.45, 7) is 3.64. The molecule has 0 spiro atoms. The zero-order valence-electron chi connectivity index (χ0n) is 17.1. The molecule has 0 aromatic heterocycles. The van der Waals surface area contributed by atoms with E-state index >= 15 is 0 Å². The first-order chi connectivity index (χ1) is 14.8. The van der Waals surface area contributed by atoms with E-state index in [2.05, 4.69) is 0 Å². The lowest BCUT2D eigenvalue weighted by atomic mass is 10.0. The maximum atomic E-state index is 13.3. The van der Waals surface area contributed by atoms with Crippen molar-refractivity contribution in [1.82, 2.24) is 0 Å². The molecule has 0 N–H and O–H groups in total. The van der Waals surface area contributed by atoms with Gasteiger partial charge in [0, 0.05) is 11.4 Å². The second kappa shape index (κ2) is 9.37. The summed E-state index contributed by atoms with van der Waals surface area (Å²) in [5.74, 6) is -1.50. The number of halogens is 2. The Kier molecular flexibility index (Phi) is 6.83. The van der Waals surface area contributed by atoms with E-state index in [4.69, 9.17) is 32.7 Å². The Morgan fingerprint density at radius 2 is 1.71 bits per heavy atom. The SMILES string of the molecule is CCOC(=O)c1ccc(N2C(=O)C(=Cc3ccc(Cl)c(Cl)c3)C(C(=O)OC)=C2C)cc1. The molecule has 1 heterocycles. The Hall–Kier alpha value is -3.09. The first-order valence-electron chi connectivity index (χ1n) is 9.36. The van der Waals surface area contributed by atoms with Gasteiger partial charge in [-0.1, -0.05) is 29.3 Å². The van der Waals surface area contributed by atoms with Crippen LogP contribution >= 0.6 is 23.2 Å². The average Bonchev–Trinajstić information content (AvgIpc) is 3.00. The Morgan fingerprint density at radius 1 is 1.03 bits per heavy atom. The number of rotatable bonds is 5. The minimum Gasteiger partial charge on any atom is -0.465 e. The van der Waals surface area contributed by atoms with Crippen molar-refractivity contribution < 1.29 is 23.9 Å². The molecule has 3 rings (SSSR count). The molecular weight excluding hydrogens is 441 g/mol. The van der Waals surface area contributed by atoms with Gasteiger partial charge in [-0.15, -0.1) is 0 Å². The van der Waals surface area contributed by atoms with Gasteiger partial charge in [0.25, 0.3) is 5.91 Å². The molecule has 0 aliphatic carbocycles. The van der Waals surface area contributed by atoms with Gasteiger partial charge in [0.2, 0.25) is 0 Å². The van der Waals surface area contributed by atoms with E-state index < -0.39 is 17.8 Å². The number of nitrogens with zero attached hydrogens (tertiary/aromatic N) is 1. The van der Waals surface area contributed by atoms with Crippen LogP contribution in [0.5, 0.6) is 0 Å². The van der Waals surface area contributed by atoms with E-state index in [-0.39, 0.29) is 17.8 Å². The van der Waals surface area contributed by atoms with Crippen molar-refractivity contribution in [3.63, 3.8) is 0 Å². The van der Waals surface area contributed by atoms with E-state index in [0.717, 1.165) is 0 Å². The normalized spacial score (nSPS) is 14.9. The number of methoxy groups -OCH3 is 1. The van der Waals surface area contributed by atoms with E-state index in [1.165, 1.54) is 12.0 Å². The van der Waals surface area contributed by atoms with Crippen molar-refractivity contribution in [2.75, 3.05) is 18.6 Å². The predicted molar refractivity (Wildman–Crippen MR) is 119 cm³/mol. The van der Waals surface area contributed by atoms with Crippen molar-refractivity contribution in [2.24, 2.45) is 0 Å². The van der Waals surface area contributed by atoms with Gasteiger partial charge in [-0.2, -0.15) is 0 Å². The number of ether oxygens (including phenoxy) is 2. The molecule has 6 nitrogen and oxygen atoms in total. The molecule has 2 aromatic carbocycles. The summed E-state index contributed by atoms with van der Waals surface area (Å²) in [6, 6.07) is 11.3. The van der Waals surface area contributed by atoms with Crippen molar-refractivity contribution in [3.05, 3.63) is 80.5 Å². The van der Waals surface area contributed by atoms with Crippen molar-refractivity contribution >= 4 is 52.8 Å². The maximum absolute atomic E-state index is 13.3. The molecule has 0 atom stereocenters. The molecule has 160 valence electrons. The summed E-state index contributed by atoms with van der Waals surface area (Å²) in [5, 5.41) is 0.706. The van der Waals surface area contributed by atoms with Crippen LogP contribution in [0.15, 0.2) is 59.3 Å². The van der Waals surface area contributed by atoms with Gasteiger partial charge in [0.15, 0.2) is 0 Å². The van der Waals surface area contributed by atoms with E-state index in [1.807, 2.05) is 0 Å². The van der Waals surface area contributed by atoms with E-state index in [1.54, 1.807) is 62.4 Å². The summed E-state index contributed by atoms with van der Waals surface area (Å²) in [7, 11) is 1.25. The maximum Gasteiger partial charge on any atom is 0.340 e. The summed E-state index contributed by atoms with van der Waals surface area (Å²) >= 11 is 12.0. The number of hydrogen-bond acceptors (Lipinski definition) is 5. The average molecular weight is 460 g/mol. The minimum absolute atomic E-state index is 0.146. The molecule has 1 aliphatic rings. The van der Waals surface area contributed by atoms with Crippen LogP contribution in [0.3, 0.4) is 0 Å². The van der Waals surface area contributed by atoms with E-state index in [0.29, 0.717) is 32.6 Å². The highest BCUT2D eigenvalue weighted by molar-refractivity contribution is 6.42. The lowest BCUT2D eigenvalue weighted by molar-refractivity contribution is -0.136. The van der Waals surface area contributed by atoms with Crippen LogP contribution in [0.4, 0.5) is 5.69 Å². The predicted octanol–water partition coefficient (Wildman–Crippen LogP) is 5.05. The number of amides is 1. The molecule has 2 aromatic rings. The zero-order chi connectivity index (χ0) is 22.7. The molecule has 0 saturated carbocycles. The Morgan fingerprint density at radius 3 is 2.29 bits per heavy atom. The van der Waals surface area contributed by atoms with Crippen LogP contribution in [0.25, 0.3) is 6.08 Å². The first kappa shape index (κ1) is 22.6.